The quantitative estimate of drug-likeness (QED) is 0.211. The zero-order valence-corrected chi connectivity index (χ0v) is 27.4. The third kappa shape index (κ3) is 10.5. The van der Waals surface area contributed by atoms with Crippen molar-refractivity contribution < 1.29 is 38.4 Å². The topological polar surface area (TPSA) is 127 Å². The first-order valence-electron chi connectivity index (χ1n) is 15.9. The monoisotopic (exact) mass is 647 g/mol. The molecule has 1 heterocycles. The summed E-state index contributed by atoms with van der Waals surface area (Å²) >= 11 is 0. The van der Waals surface area contributed by atoms with Crippen molar-refractivity contribution >= 4 is 23.6 Å². The van der Waals surface area contributed by atoms with Gasteiger partial charge < -0.3 is 39.2 Å². The molecule has 2 N–H and O–H groups in total. The maximum absolute atomic E-state index is 13.3. The number of nitrogens with one attached hydrogen (secondary N) is 1. The normalized spacial score (nSPS) is 15.9. The molecule has 47 heavy (non-hydrogen) atoms. The van der Waals surface area contributed by atoms with E-state index < -0.39 is 12.2 Å². The Morgan fingerprint density at radius 3 is 2.43 bits per heavy atom. The van der Waals surface area contributed by atoms with Gasteiger partial charge in [0.05, 0.1) is 39.6 Å². The fraction of sp³-hybridized carbons (Fsp3) is 0.417. The number of anilines is 1. The lowest BCUT2D eigenvalue weighted by Crippen LogP contribution is -2.47. The second-order valence-corrected chi connectivity index (χ2v) is 11.4. The number of hydrogen-bond acceptors (Lipinski definition) is 7. The van der Waals surface area contributed by atoms with E-state index in [-0.39, 0.29) is 30.9 Å². The molecule has 0 aliphatic carbocycles. The van der Waals surface area contributed by atoms with E-state index in [2.05, 4.69) is 5.32 Å². The number of nitrogens with zero attached hydrogens (tertiary/aromatic N) is 2. The molecule has 1 aliphatic rings. The number of amides is 3. The molecule has 0 radical (unpaired) electrons. The first kappa shape index (κ1) is 35.2. The van der Waals surface area contributed by atoms with E-state index in [1.54, 1.807) is 19.1 Å². The Hall–Kier alpha value is -4.61. The molecule has 2 atom stereocenters. The van der Waals surface area contributed by atoms with Crippen molar-refractivity contribution in [3.05, 3.63) is 89.5 Å². The lowest BCUT2D eigenvalue weighted by molar-refractivity contribution is -0.126. The standard InChI is InChI=1S/C36H45N3O8/c1-26(40)37-19-17-28-9-4-6-11-32(28)38(2)35(41)25-47-34-23-39(36(42)43)20-18-31(34)27-13-15-30(16-14-27)46-22-8-21-45-24-29-10-5-7-12-33(29)44-3/h4-7,9-16,31,34H,8,17-25H2,1-3H3,(H,37,40)(H,42,43). The third-order valence-electron chi connectivity index (χ3n) is 8.21. The Morgan fingerprint density at radius 1 is 0.979 bits per heavy atom. The number of ether oxygens (including phenoxy) is 4. The van der Waals surface area contributed by atoms with E-state index in [4.69, 9.17) is 18.9 Å². The fourth-order valence-corrected chi connectivity index (χ4v) is 5.64. The smallest absolute Gasteiger partial charge is 0.407 e. The van der Waals surface area contributed by atoms with E-state index in [0.29, 0.717) is 45.8 Å². The third-order valence-corrected chi connectivity index (χ3v) is 8.21. The molecule has 0 saturated carbocycles. The van der Waals surface area contributed by atoms with Crippen LogP contribution in [0.4, 0.5) is 10.5 Å². The number of benzene rings is 3. The Kier molecular flexibility index (Phi) is 13.4. The molecule has 3 aromatic carbocycles. The minimum atomic E-state index is -1.01. The van der Waals surface area contributed by atoms with E-state index in [0.717, 1.165) is 40.3 Å². The van der Waals surface area contributed by atoms with Gasteiger partial charge in [0.15, 0.2) is 0 Å². The van der Waals surface area contributed by atoms with E-state index in [9.17, 15) is 19.5 Å². The van der Waals surface area contributed by atoms with Crippen molar-refractivity contribution in [1.29, 1.82) is 0 Å². The number of carboxylic acid groups (broad SMARTS) is 1. The molecule has 1 saturated heterocycles. The Morgan fingerprint density at radius 2 is 1.70 bits per heavy atom. The number of piperidine rings is 1. The van der Waals surface area contributed by atoms with Gasteiger partial charge in [0.1, 0.15) is 18.1 Å². The van der Waals surface area contributed by atoms with Gasteiger partial charge in [0, 0.05) is 50.7 Å². The van der Waals surface area contributed by atoms with Crippen LogP contribution in [0.15, 0.2) is 72.8 Å². The molecule has 1 aliphatic heterocycles. The Bertz CT molecular complexity index is 1460. The van der Waals surface area contributed by atoms with Crippen molar-refractivity contribution in [2.75, 3.05) is 58.5 Å². The van der Waals surface area contributed by atoms with Gasteiger partial charge in [-0.1, -0.05) is 48.5 Å². The number of likely N-dealkylation sites (tertiary alicyclic amines) is 1. The van der Waals surface area contributed by atoms with Crippen LogP contribution in [0.25, 0.3) is 0 Å². The summed E-state index contributed by atoms with van der Waals surface area (Å²) in [7, 11) is 3.34. The van der Waals surface area contributed by atoms with Gasteiger partial charge in [-0.2, -0.15) is 0 Å². The highest BCUT2D eigenvalue weighted by Crippen LogP contribution is 2.32. The van der Waals surface area contributed by atoms with Crippen molar-refractivity contribution in [2.45, 2.75) is 44.8 Å². The van der Waals surface area contributed by atoms with E-state index in [1.165, 1.54) is 11.8 Å². The first-order chi connectivity index (χ1) is 22.8. The summed E-state index contributed by atoms with van der Waals surface area (Å²) in [5.41, 5.74) is 3.65. The number of likely N-dealkylation sites (N-methyl/N-ethyl adjacent to an activating group) is 1. The minimum Gasteiger partial charge on any atom is -0.496 e. The van der Waals surface area contributed by atoms with Crippen molar-refractivity contribution in [3.63, 3.8) is 0 Å². The van der Waals surface area contributed by atoms with Crippen molar-refractivity contribution in [1.82, 2.24) is 10.2 Å². The molecule has 11 heteroatoms. The highest BCUT2D eigenvalue weighted by molar-refractivity contribution is 5.94. The van der Waals surface area contributed by atoms with Crippen LogP contribution in [0, 0.1) is 0 Å². The zero-order valence-electron chi connectivity index (χ0n) is 27.4. The van der Waals surface area contributed by atoms with Crippen molar-refractivity contribution in [3.8, 4) is 11.5 Å². The average Bonchev–Trinajstić information content (AvgIpc) is 3.08. The predicted molar refractivity (Wildman–Crippen MR) is 178 cm³/mol. The van der Waals surface area contributed by atoms with Crippen LogP contribution in [-0.2, 0) is 32.1 Å². The van der Waals surface area contributed by atoms with Gasteiger partial charge in [0.25, 0.3) is 5.91 Å². The molecular formula is C36H45N3O8. The molecule has 2 unspecified atom stereocenters. The summed E-state index contributed by atoms with van der Waals surface area (Å²) in [6, 6.07) is 23.1. The van der Waals surface area contributed by atoms with Crippen LogP contribution in [0.3, 0.4) is 0 Å². The Balaban J connectivity index is 1.30. The Labute approximate surface area is 276 Å². The second kappa shape index (κ2) is 17.9. The second-order valence-electron chi connectivity index (χ2n) is 11.4. The highest BCUT2D eigenvalue weighted by Gasteiger charge is 2.34. The van der Waals surface area contributed by atoms with Crippen molar-refractivity contribution in [2.24, 2.45) is 0 Å². The number of para-hydroxylation sites is 2. The largest absolute Gasteiger partial charge is 0.496 e. The molecular weight excluding hydrogens is 602 g/mol. The first-order valence-corrected chi connectivity index (χ1v) is 15.9. The lowest BCUT2D eigenvalue weighted by atomic mass is 9.87. The van der Waals surface area contributed by atoms with Crippen LogP contribution < -0.4 is 19.7 Å². The maximum atomic E-state index is 13.3. The van der Waals surface area contributed by atoms with Gasteiger partial charge in [-0.15, -0.1) is 0 Å². The van der Waals surface area contributed by atoms with Gasteiger partial charge in [0.2, 0.25) is 5.91 Å². The lowest BCUT2D eigenvalue weighted by Gasteiger charge is -2.37. The minimum absolute atomic E-state index is 0.0916. The molecule has 3 aromatic rings. The highest BCUT2D eigenvalue weighted by atomic mass is 16.5. The molecule has 4 rings (SSSR count). The SMILES string of the molecule is COc1ccccc1COCCCOc1ccc(C2CCN(C(=O)O)CC2OCC(=O)N(C)c2ccccc2CCNC(C)=O)cc1. The fourth-order valence-electron chi connectivity index (χ4n) is 5.64. The van der Waals surface area contributed by atoms with Crippen LogP contribution >= 0.6 is 0 Å². The number of methoxy groups -OCH3 is 1. The van der Waals surface area contributed by atoms with E-state index in [1.807, 2.05) is 72.8 Å². The van der Waals surface area contributed by atoms with Gasteiger partial charge in [-0.3, -0.25) is 9.59 Å². The predicted octanol–water partition coefficient (Wildman–Crippen LogP) is 4.88. The molecule has 3 amide bonds. The summed E-state index contributed by atoms with van der Waals surface area (Å²) in [6.07, 6.45) is 0.354. The number of rotatable bonds is 16. The van der Waals surface area contributed by atoms with E-state index >= 15 is 0 Å². The number of hydrogen-bond donors (Lipinski definition) is 2. The summed E-state index contributed by atoms with van der Waals surface area (Å²) in [6.45, 7) is 3.79. The molecule has 252 valence electrons. The molecule has 0 bridgehead atoms. The van der Waals surface area contributed by atoms with Gasteiger partial charge in [-0.25, -0.2) is 4.79 Å². The summed E-state index contributed by atoms with van der Waals surface area (Å²) < 4.78 is 23.2. The molecule has 1 fully saturated rings. The number of carbonyl (C=O) groups excluding carboxylic acids is 2. The average molecular weight is 648 g/mol. The number of carbonyl (C=O) groups is 3. The molecule has 0 aromatic heterocycles. The molecule has 11 nitrogen and oxygen atoms in total. The van der Waals surface area contributed by atoms with Gasteiger partial charge >= 0.3 is 6.09 Å². The van der Waals surface area contributed by atoms with Crippen LogP contribution in [-0.4, -0.2) is 87.6 Å². The molecule has 0 spiro atoms. The van der Waals surface area contributed by atoms with Crippen LogP contribution in [0.2, 0.25) is 0 Å². The van der Waals surface area contributed by atoms with Crippen LogP contribution in [0.1, 0.15) is 42.4 Å². The zero-order chi connectivity index (χ0) is 33.6. The van der Waals surface area contributed by atoms with Crippen LogP contribution in [0.5, 0.6) is 11.5 Å². The summed E-state index contributed by atoms with van der Waals surface area (Å²) in [5, 5.41) is 12.4. The summed E-state index contributed by atoms with van der Waals surface area (Å²) in [4.78, 5) is 39.2. The maximum Gasteiger partial charge on any atom is 0.407 e. The summed E-state index contributed by atoms with van der Waals surface area (Å²) in [5.74, 6) is 1.08. The van der Waals surface area contributed by atoms with Gasteiger partial charge in [-0.05, 0) is 48.2 Å².